The fraction of sp³-hybridized carbons (Fsp3) is 0.250. The van der Waals surface area contributed by atoms with Crippen molar-refractivity contribution in [2.45, 2.75) is 20.3 Å². The summed E-state index contributed by atoms with van der Waals surface area (Å²) in [6.07, 6.45) is 1.07. The van der Waals surface area contributed by atoms with Crippen LogP contribution in [-0.4, -0.2) is 12.5 Å². The van der Waals surface area contributed by atoms with E-state index >= 15 is 0 Å². The number of nitrogens with one attached hydrogen (secondary N) is 1. The number of benzene rings is 3. The Hall–Kier alpha value is -2.35. The zero-order chi connectivity index (χ0) is 15.5. The Bertz CT molecular complexity index is 822. The molecule has 0 saturated heterocycles. The highest BCUT2D eigenvalue weighted by molar-refractivity contribution is 6.02. The topological polar surface area (TPSA) is 29.1 Å². The molecule has 0 bridgehead atoms. The molecule has 1 atom stereocenters. The highest BCUT2D eigenvalue weighted by Gasteiger charge is 2.08. The minimum absolute atomic E-state index is 0.00959. The van der Waals surface area contributed by atoms with Crippen LogP contribution in [0.25, 0.3) is 21.5 Å². The van der Waals surface area contributed by atoms with Crippen LogP contribution in [0.1, 0.15) is 30.6 Å². The Morgan fingerprint density at radius 2 is 1.59 bits per heavy atom. The molecular weight excluding hydrogens is 270 g/mol. The molecule has 2 heteroatoms. The van der Waals surface area contributed by atoms with Crippen LogP contribution in [0.5, 0.6) is 0 Å². The smallest absolute Gasteiger partial charge is 0.251 e. The van der Waals surface area contributed by atoms with E-state index in [0.29, 0.717) is 5.92 Å². The molecule has 112 valence electrons. The van der Waals surface area contributed by atoms with Crippen LogP contribution in [0.3, 0.4) is 0 Å². The second-order valence-corrected chi connectivity index (χ2v) is 5.98. The van der Waals surface area contributed by atoms with Gasteiger partial charge in [0.05, 0.1) is 0 Å². The molecule has 0 heterocycles. The van der Waals surface area contributed by atoms with Gasteiger partial charge in [0.1, 0.15) is 0 Å². The Labute approximate surface area is 131 Å². The summed E-state index contributed by atoms with van der Waals surface area (Å²) in [7, 11) is 0. The minimum atomic E-state index is 0.00959. The van der Waals surface area contributed by atoms with E-state index in [9.17, 15) is 4.79 Å². The normalized spacial score (nSPS) is 12.5. The Morgan fingerprint density at radius 1 is 0.955 bits per heavy atom. The first-order chi connectivity index (χ1) is 10.7. The average Bonchev–Trinajstić information content (AvgIpc) is 2.56. The molecule has 0 aliphatic carbocycles. The summed E-state index contributed by atoms with van der Waals surface area (Å²) in [5, 5.41) is 7.71. The van der Waals surface area contributed by atoms with Gasteiger partial charge < -0.3 is 5.32 Å². The van der Waals surface area contributed by atoms with Crippen LogP contribution >= 0.6 is 0 Å². The molecular formula is C20H21NO. The van der Waals surface area contributed by atoms with Gasteiger partial charge in [0.2, 0.25) is 0 Å². The number of hydrogen-bond acceptors (Lipinski definition) is 1. The SMILES string of the molecule is CCC(C)CNC(=O)c1ccc2cc3ccccc3cc2c1. The van der Waals surface area contributed by atoms with Crippen molar-refractivity contribution in [1.82, 2.24) is 5.32 Å². The summed E-state index contributed by atoms with van der Waals surface area (Å²) in [5.74, 6) is 0.517. The Kier molecular flexibility index (Phi) is 4.10. The number of rotatable bonds is 4. The fourth-order valence-electron chi connectivity index (χ4n) is 2.59. The number of amides is 1. The molecule has 3 aromatic carbocycles. The Morgan fingerprint density at radius 3 is 2.27 bits per heavy atom. The van der Waals surface area contributed by atoms with E-state index in [0.717, 1.165) is 29.3 Å². The van der Waals surface area contributed by atoms with Crippen molar-refractivity contribution < 1.29 is 4.79 Å². The van der Waals surface area contributed by atoms with E-state index < -0.39 is 0 Å². The van der Waals surface area contributed by atoms with Gasteiger partial charge in [-0.2, -0.15) is 0 Å². The molecule has 0 aliphatic heterocycles. The summed E-state index contributed by atoms with van der Waals surface area (Å²) in [6, 6.07) is 18.5. The van der Waals surface area contributed by atoms with Gasteiger partial charge in [-0.3, -0.25) is 4.79 Å². The van der Waals surface area contributed by atoms with E-state index in [1.807, 2.05) is 30.3 Å². The van der Waals surface area contributed by atoms with Crippen LogP contribution < -0.4 is 5.32 Å². The first kappa shape index (κ1) is 14.6. The van der Waals surface area contributed by atoms with Crippen LogP contribution in [0.4, 0.5) is 0 Å². The maximum atomic E-state index is 12.3. The molecule has 2 nitrogen and oxygen atoms in total. The highest BCUT2D eigenvalue weighted by Crippen LogP contribution is 2.23. The zero-order valence-electron chi connectivity index (χ0n) is 13.1. The van der Waals surface area contributed by atoms with Crippen LogP contribution in [0.2, 0.25) is 0 Å². The molecule has 0 aromatic heterocycles. The third-order valence-corrected chi connectivity index (χ3v) is 4.28. The van der Waals surface area contributed by atoms with Crippen molar-refractivity contribution in [3.8, 4) is 0 Å². The van der Waals surface area contributed by atoms with Gasteiger partial charge in [0.25, 0.3) is 5.91 Å². The first-order valence-corrected chi connectivity index (χ1v) is 7.88. The summed E-state index contributed by atoms with van der Waals surface area (Å²) in [6.45, 7) is 5.01. The van der Waals surface area contributed by atoms with E-state index in [2.05, 4.69) is 43.4 Å². The van der Waals surface area contributed by atoms with Gasteiger partial charge in [-0.1, -0.05) is 50.6 Å². The van der Waals surface area contributed by atoms with Crippen molar-refractivity contribution in [2.24, 2.45) is 5.92 Å². The predicted molar refractivity (Wildman–Crippen MR) is 93.2 cm³/mol. The lowest BCUT2D eigenvalue weighted by Crippen LogP contribution is -2.27. The molecule has 0 fully saturated rings. The third kappa shape index (κ3) is 2.96. The molecule has 22 heavy (non-hydrogen) atoms. The van der Waals surface area contributed by atoms with Gasteiger partial charge in [0.15, 0.2) is 0 Å². The lowest BCUT2D eigenvalue weighted by molar-refractivity contribution is 0.0948. The standard InChI is InChI=1S/C20H21NO/c1-3-14(2)13-21-20(22)18-9-8-17-10-15-6-4-5-7-16(15)11-19(17)12-18/h4-12,14H,3,13H2,1-2H3,(H,21,22). The Balaban J connectivity index is 1.91. The van der Waals surface area contributed by atoms with E-state index in [1.165, 1.54) is 10.8 Å². The zero-order valence-corrected chi connectivity index (χ0v) is 13.1. The molecule has 1 N–H and O–H groups in total. The highest BCUT2D eigenvalue weighted by atomic mass is 16.1. The second kappa shape index (κ2) is 6.18. The molecule has 1 unspecified atom stereocenters. The molecule has 3 aromatic rings. The van der Waals surface area contributed by atoms with E-state index in [-0.39, 0.29) is 5.91 Å². The number of fused-ring (bicyclic) bond motifs is 2. The monoisotopic (exact) mass is 291 g/mol. The van der Waals surface area contributed by atoms with Crippen molar-refractivity contribution in [3.63, 3.8) is 0 Å². The largest absolute Gasteiger partial charge is 0.352 e. The average molecular weight is 291 g/mol. The van der Waals surface area contributed by atoms with Crippen LogP contribution in [0.15, 0.2) is 54.6 Å². The molecule has 0 aliphatic rings. The maximum Gasteiger partial charge on any atom is 0.251 e. The van der Waals surface area contributed by atoms with Crippen LogP contribution in [0, 0.1) is 5.92 Å². The number of carbonyl (C=O) groups excluding carboxylic acids is 1. The third-order valence-electron chi connectivity index (χ3n) is 4.28. The predicted octanol–water partition coefficient (Wildman–Crippen LogP) is 4.77. The molecule has 3 rings (SSSR count). The van der Waals surface area contributed by atoms with Crippen molar-refractivity contribution in [3.05, 3.63) is 60.2 Å². The van der Waals surface area contributed by atoms with Gasteiger partial charge in [0, 0.05) is 12.1 Å². The molecule has 0 radical (unpaired) electrons. The van der Waals surface area contributed by atoms with Crippen molar-refractivity contribution >= 4 is 27.5 Å². The molecule has 0 spiro atoms. The summed E-state index contributed by atoms with van der Waals surface area (Å²) < 4.78 is 0. The molecule has 1 amide bonds. The molecule has 0 saturated carbocycles. The van der Waals surface area contributed by atoms with Gasteiger partial charge >= 0.3 is 0 Å². The summed E-state index contributed by atoms with van der Waals surface area (Å²) in [5.41, 5.74) is 0.728. The number of carbonyl (C=O) groups is 1. The second-order valence-electron chi connectivity index (χ2n) is 5.98. The summed E-state index contributed by atoms with van der Waals surface area (Å²) in [4.78, 5) is 12.3. The minimum Gasteiger partial charge on any atom is -0.352 e. The van der Waals surface area contributed by atoms with Gasteiger partial charge in [-0.05, 0) is 51.7 Å². The van der Waals surface area contributed by atoms with Gasteiger partial charge in [-0.25, -0.2) is 0 Å². The quantitative estimate of drug-likeness (QED) is 0.689. The first-order valence-electron chi connectivity index (χ1n) is 7.88. The van der Waals surface area contributed by atoms with Gasteiger partial charge in [-0.15, -0.1) is 0 Å². The van der Waals surface area contributed by atoms with Crippen molar-refractivity contribution in [1.29, 1.82) is 0 Å². The van der Waals surface area contributed by atoms with Crippen LogP contribution in [-0.2, 0) is 0 Å². The lowest BCUT2D eigenvalue weighted by atomic mass is 10.0. The van der Waals surface area contributed by atoms with Crippen molar-refractivity contribution in [2.75, 3.05) is 6.54 Å². The fourth-order valence-corrected chi connectivity index (χ4v) is 2.59. The number of hydrogen-bond donors (Lipinski definition) is 1. The lowest BCUT2D eigenvalue weighted by Gasteiger charge is -2.11. The van der Waals surface area contributed by atoms with E-state index in [4.69, 9.17) is 0 Å². The maximum absolute atomic E-state index is 12.3. The summed E-state index contributed by atoms with van der Waals surface area (Å²) >= 11 is 0. The van der Waals surface area contributed by atoms with E-state index in [1.54, 1.807) is 0 Å².